The van der Waals surface area contributed by atoms with E-state index in [0.29, 0.717) is 33.7 Å². The molecule has 0 bridgehead atoms. The van der Waals surface area contributed by atoms with Gasteiger partial charge in [-0.25, -0.2) is 0 Å². The normalized spacial score (nSPS) is 12.7. The number of halogens is 2. The average molecular weight is 286 g/mol. The van der Waals surface area contributed by atoms with Gasteiger partial charge in [0.15, 0.2) is 5.82 Å². The molecule has 6 heteroatoms. The second-order valence-corrected chi connectivity index (χ2v) is 4.86. The topological polar surface area (TPSA) is 64.9 Å². The minimum Gasteiger partial charge on any atom is -0.334 e. The first-order valence-corrected chi connectivity index (χ1v) is 6.39. The number of aromatic nitrogens is 2. The van der Waals surface area contributed by atoms with Crippen LogP contribution in [0.1, 0.15) is 19.2 Å². The Bertz CT molecular complexity index is 542. The molecule has 18 heavy (non-hydrogen) atoms. The molecule has 0 radical (unpaired) electrons. The zero-order valence-electron chi connectivity index (χ0n) is 9.86. The lowest BCUT2D eigenvalue weighted by Crippen LogP contribution is -2.21. The molecule has 0 aliphatic heterocycles. The van der Waals surface area contributed by atoms with Crippen LogP contribution in [-0.2, 0) is 6.42 Å². The summed E-state index contributed by atoms with van der Waals surface area (Å²) in [6.07, 6.45) is 1.46. The van der Waals surface area contributed by atoms with Gasteiger partial charge in [-0.05, 0) is 24.6 Å². The van der Waals surface area contributed by atoms with Gasteiger partial charge in [-0.15, -0.1) is 0 Å². The summed E-state index contributed by atoms with van der Waals surface area (Å²) >= 11 is 11.9. The summed E-state index contributed by atoms with van der Waals surface area (Å²) in [5, 5.41) is 4.94. The highest BCUT2D eigenvalue weighted by molar-refractivity contribution is 6.36. The third kappa shape index (κ3) is 3.02. The number of nitrogens with zero attached hydrogens (tertiary/aromatic N) is 2. The van der Waals surface area contributed by atoms with E-state index in [2.05, 4.69) is 10.1 Å². The number of nitrogens with two attached hydrogens (primary N) is 1. The van der Waals surface area contributed by atoms with Crippen molar-refractivity contribution in [2.45, 2.75) is 25.8 Å². The molecule has 0 fully saturated rings. The van der Waals surface area contributed by atoms with Gasteiger partial charge in [0.25, 0.3) is 5.89 Å². The quantitative estimate of drug-likeness (QED) is 0.936. The van der Waals surface area contributed by atoms with Crippen LogP contribution in [0.3, 0.4) is 0 Å². The molecule has 1 aromatic heterocycles. The minimum atomic E-state index is 0.0381. The van der Waals surface area contributed by atoms with Crippen LogP contribution in [0.15, 0.2) is 22.7 Å². The van der Waals surface area contributed by atoms with Crippen LogP contribution in [0, 0.1) is 0 Å². The molecule has 0 amide bonds. The van der Waals surface area contributed by atoms with Crippen LogP contribution in [-0.4, -0.2) is 16.2 Å². The summed E-state index contributed by atoms with van der Waals surface area (Å²) in [7, 11) is 0. The third-order valence-corrected chi connectivity index (χ3v) is 3.15. The van der Waals surface area contributed by atoms with Crippen LogP contribution in [0.25, 0.3) is 11.5 Å². The Morgan fingerprint density at radius 2 is 2.17 bits per heavy atom. The Morgan fingerprint density at radius 3 is 2.83 bits per heavy atom. The van der Waals surface area contributed by atoms with Gasteiger partial charge >= 0.3 is 0 Å². The standard InChI is InChI=1S/C12H13Cl2N3O/c1-2-8(15)6-11-16-12(18-17-11)9-4-3-7(13)5-10(9)14/h3-5,8H,2,6,15H2,1H3. The Balaban J connectivity index is 2.24. The molecule has 0 spiro atoms. The first-order valence-electron chi connectivity index (χ1n) is 5.63. The van der Waals surface area contributed by atoms with Crippen LogP contribution < -0.4 is 5.73 Å². The maximum absolute atomic E-state index is 6.07. The van der Waals surface area contributed by atoms with Crippen LogP contribution in [0.4, 0.5) is 0 Å². The first kappa shape index (κ1) is 13.3. The fraction of sp³-hybridized carbons (Fsp3) is 0.333. The molecule has 96 valence electrons. The zero-order chi connectivity index (χ0) is 13.1. The highest BCUT2D eigenvalue weighted by atomic mass is 35.5. The van der Waals surface area contributed by atoms with E-state index in [9.17, 15) is 0 Å². The monoisotopic (exact) mass is 285 g/mol. The van der Waals surface area contributed by atoms with E-state index in [0.717, 1.165) is 6.42 Å². The van der Waals surface area contributed by atoms with E-state index in [-0.39, 0.29) is 6.04 Å². The second kappa shape index (κ2) is 5.69. The highest BCUT2D eigenvalue weighted by Gasteiger charge is 2.14. The van der Waals surface area contributed by atoms with Gasteiger partial charge in [0, 0.05) is 17.5 Å². The summed E-state index contributed by atoms with van der Waals surface area (Å²) < 4.78 is 5.17. The molecule has 2 aromatic rings. The molecule has 4 nitrogen and oxygen atoms in total. The summed E-state index contributed by atoms with van der Waals surface area (Å²) in [6.45, 7) is 2.02. The van der Waals surface area contributed by atoms with Crippen molar-refractivity contribution in [2.24, 2.45) is 5.73 Å². The predicted molar refractivity (Wildman–Crippen MR) is 71.7 cm³/mol. The Hall–Kier alpha value is -1.10. The Morgan fingerprint density at radius 1 is 1.39 bits per heavy atom. The van der Waals surface area contributed by atoms with Gasteiger partial charge in [-0.1, -0.05) is 35.3 Å². The lowest BCUT2D eigenvalue weighted by molar-refractivity contribution is 0.419. The van der Waals surface area contributed by atoms with E-state index in [1.165, 1.54) is 0 Å². The van der Waals surface area contributed by atoms with Crippen LogP contribution in [0.2, 0.25) is 10.0 Å². The summed E-state index contributed by atoms with van der Waals surface area (Å²) in [5.74, 6) is 0.973. The van der Waals surface area contributed by atoms with E-state index in [1.807, 2.05) is 6.92 Å². The molecular formula is C12H13Cl2N3O. The predicted octanol–water partition coefficient (Wildman–Crippen LogP) is 3.32. The molecule has 1 atom stereocenters. The van der Waals surface area contributed by atoms with Crippen molar-refractivity contribution in [1.82, 2.24) is 10.1 Å². The van der Waals surface area contributed by atoms with Crippen molar-refractivity contribution in [3.8, 4) is 11.5 Å². The summed E-state index contributed by atoms with van der Waals surface area (Å²) in [6, 6.07) is 5.16. The molecule has 0 saturated heterocycles. The van der Waals surface area contributed by atoms with Crippen molar-refractivity contribution in [1.29, 1.82) is 0 Å². The molecule has 1 heterocycles. The average Bonchev–Trinajstić information content (AvgIpc) is 2.77. The Labute approximate surface area is 115 Å². The first-order chi connectivity index (χ1) is 8.60. The van der Waals surface area contributed by atoms with E-state index >= 15 is 0 Å². The van der Waals surface area contributed by atoms with Crippen LogP contribution >= 0.6 is 23.2 Å². The Kier molecular flexibility index (Phi) is 4.22. The molecular weight excluding hydrogens is 273 g/mol. The maximum Gasteiger partial charge on any atom is 0.259 e. The van der Waals surface area contributed by atoms with E-state index in [4.69, 9.17) is 33.5 Å². The van der Waals surface area contributed by atoms with E-state index < -0.39 is 0 Å². The molecule has 1 aromatic carbocycles. The molecule has 0 aliphatic carbocycles. The molecule has 0 aliphatic rings. The number of rotatable bonds is 4. The molecule has 2 rings (SSSR count). The third-order valence-electron chi connectivity index (χ3n) is 2.60. The van der Waals surface area contributed by atoms with Crippen molar-refractivity contribution in [2.75, 3.05) is 0 Å². The van der Waals surface area contributed by atoms with Gasteiger partial charge in [-0.3, -0.25) is 0 Å². The number of hydrogen-bond donors (Lipinski definition) is 1. The zero-order valence-corrected chi connectivity index (χ0v) is 11.4. The second-order valence-electron chi connectivity index (χ2n) is 4.01. The van der Waals surface area contributed by atoms with Crippen molar-refractivity contribution < 1.29 is 4.52 Å². The molecule has 0 saturated carbocycles. The SMILES string of the molecule is CCC(N)Cc1noc(-c2ccc(Cl)cc2Cl)n1. The fourth-order valence-corrected chi connectivity index (χ4v) is 1.98. The number of hydrogen-bond acceptors (Lipinski definition) is 4. The summed E-state index contributed by atoms with van der Waals surface area (Å²) in [4.78, 5) is 4.27. The maximum atomic E-state index is 6.07. The largest absolute Gasteiger partial charge is 0.334 e. The van der Waals surface area contributed by atoms with Crippen LogP contribution in [0.5, 0.6) is 0 Å². The lowest BCUT2D eigenvalue weighted by Gasteiger charge is -2.02. The lowest BCUT2D eigenvalue weighted by atomic mass is 10.1. The smallest absolute Gasteiger partial charge is 0.259 e. The summed E-state index contributed by atoms with van der Waals surface area (Å²) in [5.41, 5.74) is 6.51. The highest BCUT2D eigenvalue weighted by Crippen LogP contribution is 2.29. The molecule has 2 N–H and O–H groups in total. The van der Waals surface area contributed by atoms with Crippen molar-refractivity contribution in [3.63, 3.8) is 0 Å². The molecule has 1 unspecified atom stereocenters. The van der Waals surface area contributed by atoms with Gasteiger partial charge in [0.2, 0.25) is 0 Å². The van der Waals surface area contributed by atoms with Gasteiger partial charge < -0.3 is 10.3 Å². The van der Waals surface area contributed by atoms with E-state index in [1.54, 1.807) is 18.2 Å². The van der Waals surface area contributed by atoms with Crippen molar-refractivity contribution >= 4 is 23.2 Å². The minimum absolute atomic E-state index is 0.0381. The number of benzene rings is 1. The fourth-order valence-electron chi connectivity index (χ4n) is 1.49. The van der Waals surface area contributed by atoms with Gasteiger partial charge in [0.1, 0.15) is 0 Å². The van der Waals surface area contributed by atoms with Crippen molar-refractivity contribution in [3.05, 3.63) is 34.1 Å². The van der Waals surface area contributed by atoms with Gasteiger partial charge in [-0.2, -0.15) is 4.98 Å². The van der Waals surface area contributed by atoms with Gasteiger partial charge in [0.05, 0.1) is 10.6 Å².